The molecule has 1 aromatic rings. The Labute approximate surface area is 119 Å². The number of hydrogen-bond acceptors (Lipinski definition) is 3. The number of hydrogen-bond donors (Lipinski definition) is 2. The number of benzene rings is 1. The van der Waals surface area contributed by atoms with Gasteiger partial charge in [-0.05, 0) is 45.4 Å². The van der Waals surface area contributed by atoms with Crippen LogP contribution in [0.4, 0.5) is 8.78 Å². The summed E-state index contributed by atoms with van der Waals surface area (Å²) in [7, 11) is 0. The summed E-state index contributed by atoms with van der Waals surface area (Å²) in [5.74, 6) is 0.186. The number of halogens is 2. The summed E-state index contributed by atoms with van der Waals surface area (Å²) in [6.45, 7) is 7.28. The van der Waals surface area contributed by atoms with Crippen LogP contribution in [0, 0.1) is 0 Å². The van der Waals surface area contributed by atoms with Crippen LogP contribution in [0.5, 0.6) is 5.75 Å². The molecule has 0 saturated heterocycles. The van der Waals surface area contributed by atoms with E-state index in [0.717, 1.165) is 12.1 Å². The zero-order valence-electron chi connectivity index (χ0n) is 12.5. The molecular weight excluding hydrogens is 262 g/mol. The fourth-order valence-electron chi connectivity index (χ4n) is 1.61. The van der Waals surface area contributed by atoms with Crippen molar-refractivity contribution >= 4 is 0 Å². The number of rotatable bonds is 7. The van der Waals surface area contributed by atoms with Gasteiger partial charge in [-0.2, -0.15) is 8.78 Å². The molecule has 2 N–H and O–H groups in total. The molecular formula is C15H24F2N2O. The van der Waals surface area contributed by atoms with Crippen LogP contribution in [0.25, 0.3) is 0 Å². The predicted molar refractivity (Wildman–Crippen MR) is 77.1 cm³/mol. The topological polar surface area (TPSA) is 33.3 Å². The van der Waals surface area contributed by atoms with Crippen molar-refractivity contribution in [3.63, 3.8) is 0 Å². The van der Waals surface area contributed by atoms with Crippen LogP contribution in [-0.2, 0) is 6.54 Å². The molecule has 0 amide bonds. The second-order valence-corrected chi connectivity index (χ2v) is 5.94. The van der Waals surface area contributed by atoms with E-state index in [1.165, 1.54) is 0 Å². The van der Waals surface area contributed by atoms with Crippen molar-refractivity contribution in [2.45, 2.75) is 52.4 Å². The van der Waals surface area contributed by atoms with E-state index in [1.54, 1.807) is 24.3 Å². The molecule has 0 spiro atoms. The minimum absolute atomic E-state index is 0.101. The maximum Gasteiger partial charge on any atom is 0.387 e. The Morgan fingerprint density at radius 3 is 2.25 bits per heavy atom. The van der Waals surface area contributed by atoms with Crippen LogP contribution < -0.4 is 15.4 Å². The van der Waals surface area contributed by atoms with E-state index in [9.17, 15) is 8.78 Å². The van der Waals surface area contributed by atoms with Gasteiger partial charge in [-0.25, -0.2) is 0 Å². The molecule has 0 saturated carbocycles. The monoisotopic (exact) mass is 286 g/mol. The van der Waals surface area contributed by atoms with E-state index in [-0.39, 0.29) is 11.3 Å². The standard InChI is InChI=1S/C15H24F2N2O/c1-11(9-19-15(2,3)4)18-10-12-5-7-13(8-6-12)20-14(16)17/h5-8,11,14,18-19H,9-10H2,1-4H3. The third-order valence-corrected chi connectivity index (χ3v) is 2.74. The van der Waals surface area contributed by atoms with E-state index >= 15 is 0 Å². The van der Waals surface area contributed by atoms with Crippen LogP contribution in [0.1, 0.15) is 33.3 Å². The van der Waals surface area contributed by atoms with Crippen LogP contribution in [0.3, 0.4) is 0 Å². The van der Waals surface area contributed by atoms with Gasteiger partial charge >= 0.3 is 6.61 Å². The Morgan fingerprint density at radius 2 is 1.75 bits per heavy atom. The lowest BCUT2D eigenvalue weighted by atomic mass is 10.1. The zero-order valence-corrected chi connectivity index (χ0v) is 12.5. The lowest BCUT2D eigenvalue weighted by molar-refractivity contribution is -0.0498. The molecule has 5 heteroatoms. The molecule has 0 fully saturated rings. The van der Waals surface area contributed by atoms with Gasteiger partial charge in [0.25, 0.3) is 0 Å². The molecule has 114 valence electrons. The molecule has 0 aliphatic heterocycles. The van der Waals surface area contributed by atoms with Gasteiger partial charge in [0.05, 0.1) is 0 Å². The van der Waals surface area contributed by atoms with Crippen molar-refractivity contribution < 1.29 is 13.5 Å². The van der Waals surface area contributed by atoms with Crippen molar-refractivity contribution in [3.05, 3.63) is 29.8 Å². The highest BCUT2D eigenvalue weighted by atomic mass is 19.3. The van der Waals surface area contributed by atoms with Gasteiger partial charge in [0.1, 0.15) is 5.75 Å². The number of nitrogens with one attached hydrogen (secondary N) is 2. The summed E-state index contributed by atoms with van der Waals surface area (Å²) in [5, 5.41) is 6.80. The third-order valence-electron chi connectivity index (χ3n) is 2.74. The van der Waals surface area contributed by atoms with E-state index in [4.69, 9.17) is 0 Å². The first-order chi connectivity index (χ1) is 9.26. The summed E-state index contributed by atoms with van der Waals surface area (Å²) in [5.41, 5.74) is 1.14. The Bertz CT molecular complexity index is 388. The fourth-order valence-corrected chi connectivity index (χ4v) is 1.61. The van der Waals surface area contributed by atoms with Gasteiger partial charge < -0.3 is 15.4 Å². The summed E-state index contributed by atoms with van der Waals surface area (Å²) in [6, 6.07) is 7.01. The van der Waals surface area contributed by atoms with E-state index in [2.05, 4.69) is 43.1 Å². The van der Waals surface area contributed by atoms with E-state index < -0.39 is 6.61 Å². The minimum atomic E-state index is -2.78. The first-order valence-electron chi connectivity index (χ1n) is 6.78. The first kappa shape index (κ1) is 16.9. The average molecular weight is 286 g/mol. The highest BCUT2D eigenvalue weighted by Gasteiger charge is 2.10. The molecule has 0 aromatic heterocycles. The summed E-state index contributed by atoms with van der Waals surface area (Å²) < 4.78 is 28.3. The highest BCUT2D eigenvalue weighted by molar-refractivity contribution is 5.27. The van der Waals surface area contributed by atoms with Crippen molar-refractivity contribution in [2.75, 3.05) is 6.54 Å². The zero-order chi connectivity index (χ0) is 15.2. The molecule has 0 radical (unpaired) electrons. The molecule has 1 aromatic carbocycles. The van der Waals surface area contributed by atoms with Gasteiger partial charge in [0.2, 0.25) is 0 Å². The smallest absolute Gasteiger partial charge is 0.387 e. The SMILES string of the molecule is CC(CNC(C)(C)C)NCc1ccc(OC(F)F)cc1. The summed E-state index contributed by atoms with van der Waals surface area (Å²) >= 11 is 0. The fraction of sp³-hybridized carbons (Fsp3) is 0.600. The average Bonchev–Trinajstić information content (AvgIpc) is 2.34. The second kappa shape index (κ2) is 7.55. The molecule has 20 heavy (non-hydrogen) atoms. The van der Waals surface area contributed by atoms with Crippen LogP contribution in [0.2, 0.25) is 0 Å². The van der Waals surface area contributed by atoms with Gasteiger partial charge in [-0.1, -0.05) is 12.1 Å². The van der Waals surface area contributed by atoms with Crippen LogP contribution >= 0.6 is 0 Å². The molecule has 0 aliphatic carbocycles. The van der Waals surface area contributed by atoms with E-state index in [0.29, 0.717) is 12.6 Å². The van der Waals surface area contributed by atoms with Crippen molar-refractivity contribution in [3.8, 4) is 5.75 Å². The third kappa shape index (κ3) is 7.40. The number of ether oxygens (including phenoxy) is 1. The maximum atomic E-state index is 12.0. The minimum Gasteiger partial charge on any atom is -0.435 e. The van der Waals surface area contributed by atoms with Crippen molar-refractivity contribution in [1.82, 2.24) is 10.6 Å². The van der Waals surface area contributed by atoms with Crippen molar-refractivity contribution in [2.24, 2.45) is 0 Å². The van der Waals surface area contributed by atoms with Crippen LogP contribution in [0.15, 0.2) is 24.3 Å². The Balaban J connectivity index is 2.34. The van der Waals surface area contributed by atoms with E-state index in [1.807, 2.05) is 0 Å². The van der Waals surface area contributed by atoms with Gasteiger partial charge in [0.15, 0.2) is 0 Å². The largest absolute Gasteiger partial charge is 0.435 e. The maximum absolute atomic E-state index is 12.0. The Morgan fingerprint density at radius 1 is 1.15 bits per heavy atom. The van der Waals surface area contributed by atoms with Gasteiger partial charge in [-0.15, -0.1) is 0 Å². The predicted octanol–water partition coefficient (Wildman–Crippen LogP) is 3.15. The molecule has 3 nitrogen and oxygen atoms in total. The molecule has 1 rings (SSSR count). The highest BCUT2D eigenvalue weighted by Crippen LogP contribution is 2.14. The van der Waals surface area contributed by atoms with Crippen LogP contribution in [-0.4, -0.2) is 24.7 Å². The Hall–Kier alpha value is -1.20. The van der Waals surface area contributed by atoms with Gasteiger partial charge in [-0.3, -0.25) is 0 Å². The molecule has 0 heterocycles. The Kier molecular flexibility index (Phi) is 6.36. The van der Waals surface area contributed by atoms with Gasteiger partial charge in [0, 0.05) is 24.7 Å². The molecule has 1 unspecified atom stereocenters. The lowest BCUT2D eigenvalue weighted by Crippen LogP contribution is -2.44. The molecule has 0 bridgehead atoms. The lowest BCUT2D eigenvalue weighted by Gasteiger charge is -2.24. The number of alkyl halides is 2. The normalized spacial score (nSPS) is 13.6. The molecule has 0 aliphatic rings. The van der Waals surface area contributed by atoms with Crippen molar-refractivity contribution in [1.29, 1.82) is 0 Å². The second-order valence-electron chi connectivity index (χ2n) is 5.94. The quantitative estimate of drug-likeness (QED) is 0.808. The summed E-state index contributed by atoms with van der Waals surface area (Å²) in [4.78, 5) is 0. The summed E-state index contributed by atoms with van der Waals surface area (Å²) in [6.07, 6.45) is 0. The first-order valence-corrected chi connectivity index (χ1v) is 6.78. The molecule has 1 atom stereocenters.